The van der Waals surface area contributed by atoms with Crippen LogP contribution in [0.3, 0.4) is 0 Å². The number of nitriles is 1. The van der Waals surface area contributed by atoms with Gasteiger partial charge in [-0.2, -0.15) is 10.4 Å². The van der Waals surface area contributed by atoms with E-state index in [-0.39, 0.29) is 22.7 Å². The second kappa shape index (κ2) is 9.63. The van der Waals surface area contributed by atoms with Crippen LogP contribution in [0, 0.1) is 11.3 Å². The van der Waals surface area contributed by atoms with Crippen LogP contribution in [-0.4, -0.2) is 72.8 Å². The number of amides is 1. The number of methoxy groups -OCH3 is 1. The Morgan fingerprint density at radius 3 is 2.50 bits per heavy atom. The molecule has 0 bridgehead atoms. The van der Waals surface area contributed by atoms with Crippen LogP contribution in [0.1, 0.15) is 19.3 Å². The molecule has 0 radical (unpaired) electrons. The number of hydrogen-bond acceptors (Lipinski definition) is 8. The fourth-order valence-electron chi connectivity index (χ4n) is 4.43. The van der Waals surface area contributed by atoms with E-state index in [4.69, 9.17) is 9.84 Å². The smallest absolute Gasteiger partial charge is 0.409 e. The van der Waals surface area contributed by atoms with Crippen LogP contribution in [0.4, 0.5) is 16.3 Å². The first-order chi connectivity index (χ1) is 17.1. The number of ether oxygens (including phenoxy) is 1. The van der Waals surface area contributed by atoms with Crippen molar-refractivity contribution in [2.75, 3.05) is 39.6 Å². The van der Waals surface area contributed by atoms with Gasteiger partial charge in [0.25, 0.3) is 5.56 Å². The number of sulfonamides is 1. The molecule has 0 aliphatic carbocycles. The Hall–Kier alpha value is -3.89. The third-order valence-electron chi connectivity index (χ3n) is 6.48. The number of H-pyrrole nitrogens is 1. The third kappa shape index (κ3) is 4.40. The molecule has 0 saturated carbocycles. The van der Waals surface area contributed by atoms with Crippen molar-refractivity contribution in [1.29, 1.82) is 5.26 Å². The molecule has 4 rings (SSSR count). The molecule has 1 saturated heterocycles. The Labute approximate surface area is 208 Å². The Bertz CT molecular complexity index is 1480. The highest BCUT2D eigenvalue weighted by Gasteiger charge is 2.40. The number of fused-ring (bicyclic) bond motifs is 1. The van der Waals surface area contributed by atoms with Gasteiger partial charge in [0, 0.05) is 39.1 Å². The number of nitrogens with one attached hydrogen (secondary N) is 2. The molecule has 1 aliphatic heterocycles. The van der Waals surface area contributed by atoms with Gasteiger partial charge in [0.15, 0.2) is 5.82 Å². The maximum Gasteiger partial charge on any atom is 0.409 e. The van der Waals surface area contributed by atoms with Crippen molar-refractivity contribution < 1.29 is 17.9 Å². The van der Waals surface area contributed by atoms with Gasteiger partial charge in [0.05, 0.1) is 35.6 Å². The predicted molar refractivity (Wildman–Crippen MR) is 132 cm³/mol. The van der Waals surface area contributed by atoms with Crippen LogP contribution >= 0.6 is 0 Å². The minimum atomic E-state index is -3.58. The molecule has 0 atom stereocenters. The Kier molecular flexibility index (Phi) is 6.75. The van der Waals surface area contributed by atoms with Crippen molar-refractivity contribution in [3.63, 3.8) is 0 Å². The van der Waals surface area contributed by atoms with Gasteiger partial charge in [-0.05, 0) is 43.2 Å². The Balaban J connectivity index is 1.74. The number of likely N-dealkylation sites (tertiary alicyclic amines) is 1. The summed E-state index contributed by atoms with van der Waals surface area (Å²) in [5.41, 5.74) is 0.00821. The predicted octanol–water partition coefficient (Wildman–Crippen LogP) is 2.19. The van der Waals surface area contributed by atoms with Gasteiger partial charge in [-0.15, -0.1) is 0 Å². The molecule has 3 heterocycles. The summed E-state index contributed by atoms with van der Waals surface area (Å²) in [5, 5.41) is 17.8. The lowest BCUT2D eigenvalue weighted by Gasteiger charge is -2.40. The average molecular weight is 514 g/mol. The topological polar surface area (TPSA) is 153 Å². The molecule has 12 nitrogen and oxygen atoms in total. The summed E-state index contributed by atoms with van der Waals surface area (Å²) in [6, 6.07) is 10.1. The normalized spacial score (nSPS) is 15.6. The molecular formula is C23H27N7O5S. The van der Waals surface area contributed by atoms with Gasteiger partial charge >= 0.3 is 6.09 Å². The second-order valence-electron chi connectivity index (χ2n) is 8.78. The van der Waals surface area contributed by atoms with E-state index >= 15 is 0 Å². The van der Waals surface area contributed by atoms with Crippen LogP contribution in [-0.2, 0) is 20.3 Å². The average Bonchev–Trinajstić information content (AvgIpc) is 3.24. The summed E-state index contributed by atoms with van der Waals surface area (Å²) >= 11 is 0. The fourth-order valence-corrected chi connectivity index (χ4v) is 5.33. The van der Waals surface area contributed by atoms with Crippen molar-refractivity contribution in [3.8, 4) is 6.07 Å². The number of nitrogens with zero attached hydrogens (tertiary/aromatic N) is 5. The van der Waals surface area contributed by atoms with E-state index in [2.05, 4.69) is 16.4 Å². The first-order valence-electron chi connectivity index (χ1n) is 11.2. The second-order valence-corrected chi connectivity index (χ2v) is 10.9. The van der Waals surface area contributed by atoms with Gasteiger partial charge in [0.2, 0.25) is 10.0 Å². The zero-order valence-corrected chi connectivity index (χ0v) is 21.0. The van der Waals surface area contributed by atoms with E-state index in [0.29, 0.717) is 42.5 Å². The zero-order chi connectivity index (χ0) is 26.1. The first kappa shape index (κ1) is 25.2. The van der Waals surface area contributed by atoms with Gasteiger partial charge in [-0.1, -0.05) is 0 Å². The number of aromatic nitrogens is 3. The minimum Gasteiger partial charge on any atom is -0.453 e. The summed E-state index contributed by atoms with van der Waals surface area (Å²) in [7, 11) is 0.660. The summed E-state index contributed by atoms with van der Waals surface area (Å²) < 4.78 is 32.4. The lowest BCUT2D eigenvalue weighted by atomic mass is 9.85. The largest absolute Gasteiger partial charge is 0.453 e. The molecule has 0 spiro atoms. The highest BCUT2D eigenvalue weighted by molar-refractivity contribution is 7.89. The van der Waals surface area contributed by atoms with Crippen LogP contribution < -0.4 is 10.9 Å². The molecule has 2 N–H and O–H groups in total. The Morgan fingerprint density at radius 2 is 1.92 bits per heavy atom. The van der Waals surface area contributed by atoms with Crippen LogP contribution in [0.5, 0.6) is 0 Å². The summed E-state index contributed by atoms with van der Waals surface area (Å²) in [5.74, 6) is 0.280. The van der Waals surface area contributed by atoms with E-state index in [9.17, 15) is 23.3 Å². The molecule has 1 amide bonds. The van der Waals surface area contributed by atoms with E-state index < -0.39 is 21.7 Å². The number of piperidine rings is 1. The van der Waals surface area contributed by atoms with Crippen molar-refractivity contribution in [3.05, 3.63) is 46.9 Å². The van der Waals surface area contributed by atoms with Gasteiger partial charge in [-0.25, -0.2) is 17.5 Å². The maximum absolute atomic E-state index is 12.8. The number of carbonyl (C=O) groups is 1. The molecule has 190 valence electrons. The SMILES string of the molecule is COC(=O)N1CCC(CC#N)(n2nc(Nc3ccc(S(=O)(=O)N(C)C)cc3)c3c(=O)[nH]ccc32)CC1. The van der Waals surface area contributed by atoms with Gasteiger partial charge in [-0.3, -0.25) is 9.48 Å². The minimum absolute atomic E-state index is 0.136. The van der Waals surface area contributed by atoms with E-state index in [1.165, 1.54) is 39.5 Å². The standard InChI is InChI=1S/C23H27N7O5S/c1-28(2)36(33,34)17-6-4-16(5-7-17)26-20-19-18(8-13-25-21(19)31)30(27-20)23(9-12-24)10-14-29(15-11-23)22(32)35-3/h4-8,13H,9-11,14-15H2,1-3H3,(H,25,31)(H,26,27). The molecular weight excluding hydrogens is 486 g/mol. The number of hydrogen-bond donors (Lipinski definition) is 2. The van der Waals surface area contributed by atoms with Crippen LogP contribution in [0.25, 0.3) is 10.9 Å². The van der Waals surface area contributed by atoms with Crippen molar-refractivity contribution in [2.24, 2.45) is 0 Å². The number of anilines is 2. The monoisotopic (exact) mass is 513 g/mol. The van der Waals surface area contributed by atoms with Crippen LogP contribution in [0.2, 0.25) is 0 Å². The third-order valence-corrected chi connectivity index (χ3v) is 8.31. The molecule has 13 heteroatoms. The quantitative estimate of drug-likeness (QED) is 0.509. The van der Waals surface area contributed by atoms with Gasteiger partial charge in [0.1, 0.15) is 5.39 Å². The highest BCUT2D eigenvalue weighted by atomic mass is 32.2. The first-order valence-corrected chi connectivity index (χ1v) is 12.7. The Morgan fingerprint density at radius 1 is 1.25 bits per heavy atom. The zero-order valence-electron chi connectivity index (χ0n) is 20.2. The van der Waals surface area contributed by atoms with Gasteiger partial charge < -0.3 is 19.9 Å². The molecule has 1 aliphatic rings. The molecule has 2 aromatic heterocycles. The lowest BCUT2D eigenvalue weighted by molar-refractivity contribution is 0.0794. The number of benzene rings is 1. The van der Waals surface area contributed by atoms with Crippen molar-refractivity contribution >= 4 is 38.5 Å². The molecule has 0 unspecified atom stereocenters. The van der Waals surface area contributed by atoms with Crippen molar-refractivity contribution in [2.45, 2.75) is 29.7 Å². The molecule has 1 aromatic carbocycles. The van der Waals surface area contributed by atoms with Crippen LogP contribution in [0.15, 0.2) is 46.2 Å². The van der Waals surface area contributed by atoms with E-state index in [1.54, 1.807) is 27.8 Å². The highest BCUT2D eigenvalue weighted by Crippen LogP contribution is 2.37. The lowest BCUT2D eigenvalue weighted by Crippen LogP contribution is -2.48. The van der Waals surface area contributed by atoms with E-state index in [0.717, 1.165) is 4.31 Å². The summed E-state index contributed by atoms with van der Waals surface area (Å²) in [4.78, 5) is 29.2. The number of carbonyl (C=O) groups excluding carboxylic acids is 1. The number of rotatable bonds is 6. The molecule has 1 fully saturated rings. The van der Waals surface area contributed by atoms with Crippen molar-refractivity contribution in [1.82, 2.24) is 24.0 Å². The summed E-state index contributed by atoms with van der Waals surface area (Å²) in [6.45, 7) is 0.757. The number of pyridine rings is 1. The summed E-state index contributed by atoms with van der Waals surface area (Å²) in [6.07, 6.45) is 2.15. The fraction of sp³-hybridized carbons (Fsp3) is 0.391. The number of aromatic amines is 1. The maximum atomic E-state index is 12.8. The van der Waals surface area contributed by atoms with E-state index in [1.807, 2.05) is 0 Å². The molecule has 3 aromatic rings. The molecule has 36 heavy (non-hydrogen) atoms.